The lowest BCUT2D eigenvalue weighted by molar-refractivity contribution is -0.121. The smallest absolute Gasteiger partial charge is 0.237 e. The van der Waals surface area contributed by atoms with Crippen LogP contribution in [-0.2, 0) is 4.79 Å². The number of amides is 1. The van der Waals surface area contributed by atoms with Crippen LogP contribution in [0.1, 0.15) is 17.2 Å². The van der Waals surface area contributed by atoms with Crippen molar-refractivity contribution >= 4 is 45.9 Å². The number of aromatic nitrogens is 2. The third-order valence-corrected chi connectivity index (χ3v) is 6.59. The van der Waals surface area contributed by atoms with Gasteiger partial charge in [-0.1, -0.05) is 23.7 Å². The molecular weight excluding hydrogens is 428 g/mol. The number of carbonyl (C=O) groups is 1. The van der Waals surface area contributed by atoms with Gasteiger partial charge in [0.2, 0.25) is 11.0 Å². The first-order valence-corrected chi connectivity index (χ1v) is 11.3. The van der Waals surface area contributed by atoms with Crippen molar-refractivity contribution in [2.75, 3.05) is 17.6 Å². The number of hydrogen-bond acceptors (Lipinski definition) is 7. The maximum absolute atomic E-state index is 12.8. The molecule has 1 aliphatic rings. The number of anilines is 1. The number of benzene rings is 2. The van der Waals surface area contributed by atoms with Crippen molar-refractivity contribution in [1.29, 1.82) is 0 Å². The lowest BCUT2D eigenvalue weighted by Crippen LogP contribution is -2.40. The molecular formula is C20H19ClN4O2S2. The van der Waals surface area contributed by atoms with Gasteiger partial charge in [-0.3, -0.25) is 4.79 Å². The first kappa shape index (κ1) is 20.0. The summed E-state index contributed by atoms with van der Waals surface area (Å²) in [5.74, 6) is 2.36. The second-order valence-corrected chi connectivity index (χ2v) is 8.93. The highest BCUT2D eigenvalue weighted by molar-refractivity contribution is 8.00. The molecule has 1 aromatic heterocycles. The Bertz CT molecular complexity index is 936. The highest BCUT2D eigenvalue weighted by atomic mass is 35.5. The highest BCUT2D eigenvalue weighted by Crippen LogP contribution is 2.34. The van der Waals surface area contributed by atoms with Crippen molar-refractivity contribution in [3.8, 4) is 11.5 Å². The number of nitrogens with zero attached hydrogens (tertiary/aromatic N) is 2. The molecule has 2 atom stereocenters. The Labute approximate surface area is 182 Å². The fourth-order valence-electron chi connectivity index (χ4n) is 2.96. The second kappa shape index (κ2) is 9.47. The van der Waals surface area contributed by atoms with E-state index in [2.05, 4.69) is 20.0 Å². The zero-order valence-corrected chi connectivity index (χ0v) is 17.8. The predicted octanol–water partition coefficient (Wildman–Crippen LogP) is 4.76. The van der Waals surface area contributed by atoms with Crippen LogP contribution in [0.5, 0.6) is 11.5 Å². The summed E-state index contributed by atoms with van der Waals surface area (Å²) >= 11 is 8.87. The van der Waals surface area contributed by atoms with Gasteiger partial charge in [0, 0.05) is 29.1 Å². The van der Waals surface area contributed by atoms with Crippen LogP contribution in [0, 0.1) is 0 Å². The van der Waals surface area contributed by atoms with Crippen molar-refractivity contribution in [3.63, 3.8) is 0 Å². The highest BCUT2D eigenvalue weighted by Gasteiger charge is 2.27. The minimum atomic E-state index is -0.230. The van der Waals surface area contributed by atoms with E-state index in [0.29, 0.717) is 17.3 Å². The molecule has 150 valence electrons. The maximum Gasteiger partial charge on any atom is 0.237 e. The van der Waals surface area contributed by atoms with Gasteiger partial charge in [-0.25, -0.2) is 4.98 Å². The zero-order chi connectivity index (χ0) is 20.1. The molecule has 2 N–H and O–H groups in total. The SMILES string of the molecule is O=C1N[C@H](CNc2ncns2)CCS[C@@H]1c1ccc(Oc2ccc(Cl)cc2)cc1. The van der Waals surface area contributed by atoms with Crippen LogP contribution >= 0.6 is 34.9 Å². The van der Waals surface area contributed by atoms with E-state index < -0.39 is 0 Å². The molecule has 9 heteroatoms. The Morgan fingerprint density at radius 1 is 1.14 bits per heavy atom. The van der Waals surface area contributed by atoms with Crippen molar-refractivity contribution in [3.05, 3.63) is 65.4 Å². The van der Waals surface area contributed by atoms with E-state index in [1.54, 1.807) is 23.9 Å². The number of nitrogens with one attached hydrogen (secondary N) is 2. The van der Waals surface area contributed by atoms with E-state index in [9.17, 15) is 4.79 Å². The van der Waals surface area contributed by atoms with Gasteiger partial charge < -0.3 is 15.4 Å². The molecule has 0 bridgehead atoms. The monoisotopic (exact) mass is 446 g/mol. The minimum Gasteiger partial charge on any atom is -0.457 e. The molecule has 0 aliphatic carbocycles. The van der Waals surface area contributed by atoms with Gasteiger partial charge >= 0.3 is 0 Å². The molecule has 6 nitrogen and oxygen atoms in total. The molecule has 2 aromatic carbocycles. The first-order valence-electron chi connectivity index (χ1n) is 9.13. The van der Waals surface area contributed by atoms with Gasteiger partial charge in [0.25, 0.3) is 0 Å². The molecule has 1 amide bonds. The molecule has 1 fully saturated rings. The van der Waals surface area contributed by atoms with Crippen LogP contribution in [-0.4, -0.2) is 33.6 Å². The summed E-state index contributed by atoms with van der Waals surface area (Å²) in [5, 5.41) is 7.57. The van der Waals surface area contributed by atoms with Gasteiger partial charge in [-0.05, 0) is 54.1 Å². The molecule has 4 rings (SSSR count). The summed E-state index contributed by atoms with van der Waals surface area (Å²) in [6.07, 6.45) is 2.42. The van der Waals surface area contributed by atoms with Crippen LogP contribution in [0.3, 0.4) is 0 Å². The quantitative estimate of drug-likeness (QED) is 0.568. The average Bonchev–Trinajstić information content (AvgIpc) is 3.18. The summed E-state index contributed by atoms with van der Waals surface area (Å²) in [6.45, 7) is 0.641. The van der Waals surface area contributed by atoms with Crippen LogP contribution in [0.25, 0.3) is 0 Å². The molecule has 2 heterocycles. The molecule has 29 heavy (non-hydrogen) atoms. The Hall–Kier alpha value is -2.29. The fraction of sp³-hybridized carbons (Fsp3) is 0.250. The lowest BCUT2D eigenvalue weighted by atomic mass is 10.1. The summed E-state index contributed by atoms with van der Waals surface area (Å²) in [4.78, 5) is 16.9. The molecule has 0 radical (unpaired) electrons. The van der Waals surface area contributed by atoms with E-state index in [0.717, 1.165) is 28.6 Å². The molecule has 0 unspecified atom stereocenters. The Kier molecular flexibility index (Phi) is 6.53. The number of thioether (sulfide) groups is 1. The third kappa shape index (κ3) is 5.41. The van der Waals surface area contributed by atoms with Gasteiger partial charge in [0.1, 0.15) is 23.1 Å². The molecule has 1 aliphatic heterocycles. The second-order valence-electron chi connectivity index (χ2n) is 6.50. The fourth-order valence-corrected chi connectivity index (χ4v) is 4.75. The van der Waals surface area contributed by atoms with Crippen LogP contribution in [0.15, 0.2) is 54.9 Å². The normalized spacial score (nSPS) is 19.3. The maximum atomic E-state index is 12.8. The van der Waals surface area contributed by atoms with Gasteiger partial charge in [0.05, 0.1) is 0 Å². The Balaban J connectivity index is 1.36. The van der Waals surface area contributed by atoms with Crippen LogP contribution in [0.4, 0.5) is 5.13 Å². The number of carbonyl (C=O) groups excluding carboxylic acids is 1. The summed E-state index contributed by atoms with van der Waals surface area (Å²) in [7, 11) is 0. The van der Waals surface area contributed by atoms with Gasteiger partial charge in [-0.15, -0.1) is 11.8 Å². The van der Waals surface area contributed by atoms with E-state index in [1.165, 1.54) is 17.9 Å². The number of hydrogen-bond donors (Lipinski definition) is 2. The molecule has 1 saturated heterocycles. The lowest BCUT2D eigenvalue weighted by Gasteiger charge is -2.17. The van der Waals surface area contributed by atoms with E-state index in [4.69, 9.17) is 16.3 Å². The largest absolute Gasteiger partial charge is 0.457 e. The molecule has 0 saturated carbocycles. The van der Waals surface area contributed by atoms with Gasteiger partial charge in [0.15, 0.2) is 0 Å². The van der Waals surface area contributed by atoms with Crippen molar-refractivity contribution in [2.24, 2.45) is 0 Å². The zero-order valence-electron chi connectivity index (χ0n) is 15.4. The number of ether oxygens (including phenoxy) is 1. The van der Waals surface area contributed by atoms with E-state index in [-0.39, 0.29) is 17.2 Å². The van der Waals surface area contributed by atoms with Crippen molar-refractivity contribution in [2.45, 2.75) is 17.7 Å². The predicted molar refractivity (Wildman–Crippen MR) is 118 cm³/mol. The summed E-state index contributed by atoms with van der Waals surface area (Å²) < 4.78 is 9.80. The Morgan fingerprint density at radius 3 is 2.55 bits per heavy atom. The third-order valence-electron chi connectivity index (χ3n) is 4.43. The minimum absolute atomic E-state index is 0.0305. The molecule has 3 aromatic rings. The molecule has 0 spiro atoms. The van der Waals surface area contributed by atoms with Crippen molar-refractivity contribution < 1.29 is 9.53 Å². The van der Waals surface area contributed by atoms with Crippen molar-refractivity contribution in [1.82, 2.24) is 14.7 Å². The summed E-state index contributed by atoms with van der Waals surface area (Å²) in [5.41, 5.74) is 0.966. The Morgan fingerprint density at radius 2 is 1.86 bits per heavy atom. The topological polar surface area (TPSA) is 76.1 Å². The number of rotatable bonds is 6. The van der Waals surface area contributed by atoms with E-state index >= 15 is 0 Å². The average molecular weight is 447 g/mol. The van der Waals surface area contributed by atoms with Crippen LogP contribution < -0.4 is 15.4 Å². The van der Waals surface area contributed by atoms with Gasteiger partial charge in [-0.2, -0.15) is 4.37 Å². The summed E-state index contributed by atoms with van der Waals surface area (Å²) in [6, 6.07) is 14.9. The number of halogens is 1. The van der Waals surface area contributed by atoms with E-state index in [1.807, 2.05) is 36.4 Å². The van der Waals surface area contributed by atoms with Crippen LogP contribution in [0.2, 0.25) is 5.02 Å². The standard InChI is InChI=1S/C20H19ClN4O2S2/c21-14-3-7-17(8-4-14)27-16-5-1-13(2-6-16)18-19(26)25-15(9-10-28-18)11-22-20-23-12-24-29-20/h1-8,12,15,18H,9-11H2,(H,25,26)(H,22,23,24)/t15-,18+/m0/s1. The first-order chi connectivity index (χ1) is 14.2.